The molecular weight excluding hydrogens is 348 g/mol. The highest BCUT2D eigenvalue weighted by Crippen LogP contribution is 2.25. The van der Waals surface area contributed by atoms with Gasteiger partial charge >= 0.3 is 0 Å². The number of methoxy groups -OCH3 is 1. The molecule has 5 N–H and O–H groups in total. The summed E-state index contributed by atoms with van der Waals surface area (Å²) in [6.07, 6.45) is 0. The van der Waals surface area contributed by atoms with Gasteiger partial charge in [0.15, 0.2) is 0 Å². The lowest BCUT2D eigenvalue weighted by atomic mass is 10.1. The molecule has 0 aliphatic heterocycles. The molecule has 0 unspecified atom stereocenters. The second-order valence-corrected chi connectivity index (χ2v) is 5.53. The molecule has 140 valence electrons. The van der Waals surface area contributed by atoms with Gasteiger partial charge < -0.3 is 26.4 Å². The van der Waals surface area contributed by atoms with Crippen molar-refractivity contribution in [2.45, 2.75) is 19.9 Å². The van der Waals surface area contributed by atoms with Crippen molar-refractivity contribution in [1.29, 1.82) is 0 Å². The van der Waals surface area contributed by atoms with Gasteiger partial charge in [-0.05, 0) is 24.1 Å². The Kier molecular flexibility index (Phi) is 9.55. The maximum Gasteiger partial charge on any atom is 0.251 e. The SMILES string of the molecule is CNC(=O)c1ccc(OC)c(NC(=O)CNC(=O)[C@@H](N)C(C)C)c1.Cl. The Balaban J connectivity index is 0.00000576. The molecule has 0 aliphatic carbocycles. The quantitative estimate of drug-likeness (QED) is 0.555. The summed E-state index contributed by atoms with van der Waals surface area (Å²) in [5.74, 6) is -0.763. The Bertz CT molecular complexity index is 622. The number of nitrogens with one attached hydrogen (secondary N) is 3. The third-order valence-electron chi connectivity index (χ3n) is 3.41. The number of amides is 3. The van der Waals surface area contributed by atoms with Crippen LogP contribution in [0.4, 0.5) is 5.69 Å². The van der Waals surface area contributed by atoms with Gasteiger partial charge in [-0.3, -0.25) is 14.4 Å². The highest BCUT2D eigenvalue weighted by atomic mass is 35.5. The number of benzene rings is 1. The van der Waals surface area contributed by atoms with Gasteiger partial charge in [-0.25, -0.2) is 0 Å². The lowest BCUT2D eigenvalue weighted by Gasteiger charge is -2.16. The van der Waals surface area contributed by atoms with E-state index in [4.69, 9.17) is 10.5 Å². The Morgan fingerprint density at radius 2 is 1.88 bits per heavy atom. The van der Waals surface area contributed by atoms with Crippen LogP contribution in [0, 0.1) is 5.92 Å². The van der Waals surface area contributed by atoms with Crippen molar-refractivity contribution in [1.82, 2.24) is 10.6 Å². The summed E-state index contributed by atoms with van der Waals surface area (Å²) in [7, 11) is 2.96. The van der Waals surface area contributed by atoms with Gasteiger partial charge in [-0.15, -0.1) is 12.4 Å². The number of nitrogens with two attached hydrogens (primary N) is 1. The molecule has 0 spiro atoms. The van der Waals surface area contributed by atoms with Gasteiger partial charge in [-0.1, -0.05) is 13.8 Å². The van der Waals surface area contributed by atoms with Crippen LogP contribution in [-0.4, -0.2) is 44.5 Å². The first kappa shape index (κ1) is 22.7. The standard InChI is InChI=1S/C16H24N4O4.ClH/c1-9(2)14(17)16(23)19-8-13(21)20-11-7-10(15(22)18-3)5-6-12(11)24-4;/h5-7,9,14H,8,17H2,1-4H3,(H,18,22)(H,19,23)(H,20,21);1H/t14-;/m0./s1. The molecule has 25 heavy (non-hydrogen) atoms. The first-order chi connectivity index (χ1) is 11.3. The van der Waals surface area contributed by atoms with E-state index < -0.39 is 17.9 Å². The van der Waals surface area contributed by atoms with Gasteiger partial charge in [0.05, 0.1) is 25.4 Å². The van der Waals surface area contributed by atoms with Crippen LogP contribution in [0.15, 0.2) is 18.2 Å². The normalized spacial score (nSPS) is 11.1. The van der Waals surface area contributed by atoms with Crippen molar-refractivity contribution < 1.29 is 19.1 Å². The average molecular weight is 373 g/mol. The van der Waals surface area contributed by atoms with Gasteiger partial charge in [-0.2, -0.15) is 0 Å². The number of halogens is 1. The Hall–Kier alpha value is -2.32. The minimum absolute atomic E-state index is 0. The summed E-state index contributed by atoms with van der Waals surface area (Å²) >= 11 is 0. The number of anilines is 1. The molecule has 1 atom stereocenters. The first-order valence-corrected chi connectivity index (χ1v) is 7.53. The summed E-state index contributed by atoms with van der Waals surface area (Å²) in [6.45, 7) is 3.41. The fourth-order valence-electron chi connectivity index (χ4n) is 1.87. The van der Waals surface area contributed by atoms with Gasteiger partial charge in [0.25, 0.3) is 5.91 Å². The molecule has 0 heterocycles. The molecule has 0 bridgehead atoms. The number of hydrogen-bond donors (Lipinski definition) is 4. The summed E-state index contributed by atoms with van der Waals surface area (Å²) in [6, 6.07) is 3.98. The number of rotatable bonds is 7. The topological polar surface area (TPSA) is 123 Å². The molecule has 0 saturated carbocycles. The van der Waals surface area contributed by atoms with Gasteiger partial charge in [0.1, 0.15) is 5.75 Å². The third-order valence-corrected chi connectivity index (χ3v) is 3.41. The molecule has 3 amide bonds. The van der Waals surface area contributed by atoms with Crippen molar-refractivity contribution in [3.8, 4) is 5.75 Å². The maximum atomic E-state index is 12.0. The predicted octanol–water partition coefficient (Wildman–Crippen LogP) is 0.515. The highest BCUT2D eigenvalue weighted by Gasteiger charge is 2.18. The van der Waals surface area contributed by atoms with E-state index in [-0.39, 0.29) is 30.8 Å². The van der Waals surface area contributed by atoms with Gasteiger partial charge in [0.2, 0.25) is 11.8 Å². The molecule has 1 rings (SSSR count). The molecule has 0 radical (unpaired) electrons. The summed E-state index contributed by atoms with van der Waals surface area (Å²) in [5, 5.41) is 7.58. The highest BCUT2D eigenvalue weighted by molar-refractivity contribution is 5.99. The largest absolute Gasteiger partial charge is 0.495 e. The van der Waals surface area contributed by atoms with Crippen molar-refractivity contribution in [3.05, 3.63) is 23.8 Å². The number of carbonyl (C=O) groups is 3. The second kappa shape index (κ2) is 10.5. The van der Waals surface area contributed by atoms with Crippen LogP contribution in [-0.2, 0) is 9.59 Å². The molecule has 0 fully saturated rings. The average Bonchev–Trinajstić information content (AvgIpc) is 2.57. The lowest BCUT2D eigenvalue weighted by Crippen LogP contribution is -2.46. The Labute approximate surface area is 153 Å². The fraction of sp³-hybridized carbons (Fsp3) is 0.438. The zero-order valence-corrected chi connectivity index (χ0v) is 15.5. The number of carbonyl (C=O) groups excluding carboxylic acids is 3. The van der Waals surface area contributed by atoms with E-state index in [0.29, 0.717) is 17.0 Å². The third kappa shape index (κ3) is 6.60. The minimum Gasteiger partial charge on any atom is -0.495 e. The zero-order valence-electron chi connectivity index (χ0n) is 14.7. The van der Waals surface area contributed by atoms with Crippen LogP contribution in [0.25, 0.3) is 0 Å². The van der Waals surface area contributed by atoms with Crippen LogP contribution in [0.2, 0.25) is 0 Å². The Morgan fingerprint density at radius 3 is 2.40 bits per heavy atom. The summed E-state index contributed by atoms with van der Waals surface area (Å²) < 4.78 is 5.16. The number of hydrogen-bond acceptors (Lipinski definition) is 5. The molecule has 1 aromatic rings. The van der Waals surface area contributed by atoms with E-state index in [9.17, 15) is 14.4 Å². The molecule has 8 nitrogen and oxygen atoms in total. The van der Waals surface area contributed by atoms with E-state index >= 15 is 0 Å². The van der Waals surface area contributed by atoms with E-state index in [1.165, 1.54) is 20.2 Å². The van der Waals surface area contributed by atoms with Crippen molar-refractivity contribution in [2.75, 3.05) is 26.0 Å². The van der Waals surface area contributed by atoms with Crippen LogP contribution in [0.5, 0.6) is 5.75 Å². The molecule has 0 saturated heterocycles. The van der Waals surface area contributed by atoms with E-state index in [1.807, 2.05) is 13.8 Å². The lowest BCUT2D eigenvalue weighted by molar-refractivity contribution is -0.125. The summed E-state index contributed by atoms with van der Waals surface area (Å²) in [4.78, 5) is 35.4. The first-order valence-electron chi connectivity index (χ1n) is 7.53. The van der Waals surface area contributed by atoms with Crippen molar-refractivity contribution >= 4 is 35.8 Å². The van der Waals surface area contributed by atoms with E-state index in [0.717, 1.165) is 0 Å². The van der Waals surface area contributed by atoms with Crippen molar-refractivity contribution in [2.24, 2.45) is 11.7 Å². The molecule has 1 aromatic carbocycles. The zero-order chi connectivity index (χ0) is 18.3. The van der Waals surface area contributed by atoms with Gasteiger partial charge in [0, 0.05) is 12.6 Å². The maximum absolute atomic E-state index is 12.0. The number of ether oxygens (including phenoxy) is 1. The van der Waals surface area contributed by atoms with Crippen molar-refractivity contribution in [3.63, 3.8) is 0 Å². The molecular formula is C16H25ClN4O4. The molecule has 9 heteroatoms. The summed E-state index contributed by atoms with van der Waals surface area (Å²) in [5.41, 5.74) is 6.42. The predicted molar refractivity (Wildman–Crippen MR) is 98.1 cm³/mol. The van der Waals surface area contributed by atoms with E-state index in [2.05, 4.69) is 16.0 Å². The monoisotopic (exact) mass is 372 g/mol. The molecule has 0 aliphatic rings. The van der Waals surface area contributed by atoms with Crippen LogP contribution in [0.1, 0.15) is 24.2 Å². The fourth-order valence-corrected chi connectivity index (χ4v) is 1.87. The second-order valence-electron chi connectivity index (χ2n) is 5.53. The van der Waals surface area contributed by atoms with Crippen LogP contribution >= 0.6 is 12.4 Å². The minimum atomic E-state index is -0.677. The van der Waals surface area contributed by atoms with Crippen LogP contribution < -0.4 is 26.4 Å². The smallest absolute Gasteiger partial charge is 0.251 e. The Morgan fingerprint density at radius 1 is 1.24 bits per heavy atom. The van der Waals surface area contributed by atoms with E-state index in [1.54, 1.807) is 12.1 Å². The molecule has 0 aromatic heterocycles. The van der Waals surface area contributed by atoms with Crippen LogP contribution in [0.3, 0.4) is 0 Å².